The molecule has 0 saturated carbocycles. The maximum Gasteiger partial charge on any atom is 0.306 e. The molecule has 1 unspecified atom stereocenters. The Morgan fingerprint density at radius 2 is 1.38 bits per heavy atom. The summed E-state index contributed by atoms with van der Waals surface area (Å²) in [6.45, 7) is 8.36. The van der Waals surface area contributed by atoms with E-state index < -0.39 is 17.9 Å². The van der Waals surface area contributed by atoms with Crippen molar-refractivity contribution in [3.8, 4) is 0 Å². The second-order valence-electron chi connectivity index (χ2n) is 6.66. The second-order valence-corrected chi connectivity index (χ2v) is 6.66. The zero-order chi connectivity index (χ0) is 18.5. The summed E-state index contributed by atoms with van der Waals surface area (Å²) >= 11 is 0. The molecule has 0 aromatic rings. The zero-order valence-corrected chi connectivity index (χ0v) is 15.5. The number of hydrogen-bond acceptors (Lipinski definition) is 2. The Labute approximate surface area is 146 Å². The molecule has 0 aliphatic carbocycles. The van der Waals surface area contributed by atoms with E-state index in [-0.39, 0.29) is 12.8 Å². The highest BCUT2D eigenvalue weighted by molar-refractivity contribution is 5.72. The van der Waals surface area contributed by atoms with Gasteiger partial charge >= 0.3 is 11.9 Å². The lowest BCUT2D eigenvalue weighted by Gasteiger charge is -2.09. The summed E-state index contributed by atoms with van der Waals surface area (Å²) in [5, 5.41) is 17.8. The van der Waals surface area contributed by atoms with Crippen LogP contribution < -0.4 is 0 Å². The summed E-state index contributed by atoms with van der Waals surface area (Å²) in [5.74, 6) is -2.48. The molecule has 0 aliphatic rings. The highest BCUT2D eigenvalue weighted by atomic mass is 16.4. The first-order chi connectivity index (χ1) is 11.2. The van der Waals surface area contributed by atoms with Gasteiger partial charge in [0.2, 0.25) is 0 Å². The van der Waals surface area contributed by atoms with Crippen molar-refractivity contribution < 1.29 is 19.8 Å². The predicted molar refractivity (Wildman–Crippen MR) is 98.0 cm³/mol. The Bertz CT molecular complexity index is 494. The number of aliphatic carboxylic acids is 2. The smallest absolute Gasteiger partial charge is 0.306 e. The van der Waals surface area contributed by atoms with Crippen LogP contribution in [0.25, 0.3) is 0 Å². The highest BCUT2D eigenvalue weighted by Gasteiger charge is 2.17. The van der Waals surface area contributed by atoms with Gasteiger partial charge in [-0.25, -0.2) is 0 Å². The molecule has 1 atom stereocenters. The molecule has 0 aromatic carbocycles. The molecule has 136 valence electrons. The van der Waals surface area contributed by atoms with Crippen LogP contribution in [-0.4, -0.2) is 22.2 Å². The van der Waals surface area contributed by atoms with Crippen molar-refractivity contribution in [3.05, 3.63) is 34.9 Å². The molecule has 0 rings (SSSR count). The van der Waals surface area contributed by atoms with E-state index in [1.807, 2.05) is 13.0 Å². The number of carboxylic acid groups (broad SMARTS) is 2. The fourth-order valence-electron chi connectivity index (χ4n) is 2.32. The molecule has 0 bridgehead atoms. The number of rotatable bonds is 12. The van der Waals surface area contributed by atoms with E-state index in [1.54, 1.807) is 0 Å². The Kier molecular flexibility index (Phi) is 11.6. The first kappa shape index (κ1) is 22.2. The summed E-state index contributed by atoms with van der Waals surface area (Å²) in [6, 6.07) is 0. The molecule has 0 heterocycles. The first-order valence-electron chi connectivity index (χ1n) is 8.61. The lowest BCUT2D eigenvalue weighted by Crippen LogP contribution is -2.14. The van der Waals surface area contributed by atoms with Gasteiger partial charge in [-0.3, -0.25) is 9.59 Å². The molecule has 0 fully saturated rings. The van der Waals surface area contributed by atoms with Crippen LogP contribution in [0.3, 0.4) is 0 Å². The highest BCUT2D eigenvalue weighted by Crippen LogP contribution is 2.16. The summed E-state index contributed by atoms with van der Waals surface area (Å²) in [6.07, 6.45) is 10.9. The van der Waals surface area contributed by atoms with Crippen LogP contribution in [0, 0.1) is 5.92 Å². The van der Waals surface area contributed by atoms with Crippen LogP contribution in [-0.2, 0) is 9.59 Å². The van der Waals surface area contributed by atoms with Crippen LogP contribution in [0.4, 0.5) is 0 Å². The van der Waals surface area contributed by atoms with Gasteiger partial charge in [0, 0.05) is 6.42 Å². The van der Waals surface area contributed by atoms with E-state index in [0.29, 0.717) is 6.42 Å². The van der Waals surface area contributed by atoms with E-state index in [2.05, 4.69) is 32.9 Å². The minimum absolute atomic E-state index is 0.0997. The molecular weight excluding hydrogens is 304 g/mol. The van der Waals surface area contributed by atoms with Crippen molar-refractivity contribution in [1.29, 1.82) is 0 Å². The summed E-state index contributed by atoms with van der Waals surface area (Å²) in [7, 11) is 0. The quantitative estimate of drug-likeness (QED) is 0.470. The predicted octanol–water partition coefficient (Wildman–Crippen LogP) is 5.36. The topological polar surface area (TPSA) is 74.6 Å². The third-order valence-corrected chi connectivity index (χ3v) is 3.93. The van der Waals surface area contributed by atoms with Crippen molar-refractivity contribution in [1.82, 2.24) is 0 Å². The van der Waals surface area contributed by atoms with E-state index in [4.69, 9.17) is 10.2 Å². The van der Waals surface area contributed by atoms with Crippen LogP contribution >= 0.6 is 0 Å². The average Bonchev–Trinajstić information content (AvgIpc) is 2.46. The summed E-state index contributed by atoms with van der Waals surface area (Å²) in [5.41, 5.74) is 3.88. The minimum Gasteiger partial charge on any atom is -0.481 e. The van der Waals surface area contributed by atoms with Crippen molar-refractivity contribution >= 4 is 11.9 Å². The molecule has 0 aromatic heterocycles. The molecule has 24 heavy (non-hydrogen) atoms. The Morgan fingerprint density at radius 1 is 0.833 bits per heavy atom. The Morgan fingerprint density at radius 3 is 1.88 bits per heavy atom. The third-order valence-electron chi connectivity index (χ3n) is 3.93. The molecular formula is C20H32O4. The molecule has 2 N–H and O–H groups in total. The molecule has 4 nitrogen and oxygen atoms in total. The average molecular weight is 336 g/mol. The van der Waals surface area contributed by atoms with Gasteiger partial charge in [-0.2, -0.15) is 0 Å². The van der Waals surface area contributed by atoms with E-state index >= 15 is 0 Å². The molecule has 0 amide bonds. The van der Waals surface area contributed by atoms with Gasteiger partial charge < -0.3 is 10.2 Å². The fourth-order valence-corrected chi connectivity index (χ4v) is 2.32. The van der Waals surface area contributed by atoms with E-state index in [1.165, 1.54) is 11.1 Å². The normalized spacial score (nSPS) is 13.5. The van der Waals surface area contributed by atoms with Gasteiger partial charge in [0.1, 0.15) is 0 Å². The molecule has 4 heteroatoms. The maximum atomic E-state index is 11.1. The minimum atomic E-state index is -0.948. The number of hydrogen-bond donors (Lipinski definition) is 2. The van der Waals surface area contributed by atoms with Crippen LogP contribution in [0.1, 0.15) is 72.6 Å². The number of carbonyl (C=O) groups is 2. The Balaban J connectivity index is 4.26. The first-order valence-corrected chi connectivity index (χ1v) is 8.61. The van der Waals surface area contributed by atoms with Crippen molar-refractivity contribution in [2.75, 3.05) is 0 Å². The largest absolute Gasteiger partial charge is 0.481 e. The van der Waals surface area contributed by atoms with Crippen molar-refractivity contribution in [2.45, 2.75) is 72.6 Å². The van der Waals surface area contributed by atoms with Gasteiger partial charge in [-0.1, -0.05) is 34.9 Å². The third kappa shape index (κ3) is 12.7. The Hall–Kier alpha value is -1.84. The maximum absolute atomic E-state index is 11.1. The van der Waals surface area contributed by atoms with Gasteiger partial charge in [0.15, 0.2) is 0 Å². The molecule has 0 saturated heterocycles. The lowest BCUT2D eigenvalue weighted by molar-refractivity contribution is -0.142. The molecule has 0 aliphatic heterocycles. The van der Waals surface area contributed by atoms with Gasteiger partial charge in [-0.05, 0) is 66.2 Å². The molecule has 0 radical (unpaired) electrons. The summed E-state index contributed by atoms with van der Waals surface area (Å²) in [4.78, 5) is 21.7. The summed E-state index contributed by atoms with van der Waals surface area (Å²) < 4.78 is 0. The fraction of sp³-hybridized carbons (Fsp3) is 0.600. The van der Waals surface area contributed by atoms with E-state index in [9.17, 15) is 9.59 Å². The van der Waals surface area contributed by atoms with Crippen LogP contribution in [0.2, 0.25) is 0 Å². The lowest BCUT2D eigenvalue weighted by atomic mass is 9.97. The van der Waals surface area contributed by atoms with Gasteiger partial charge in [0.05, 0.1) is 5.92 Å². The standard InChI is InChI=1S/C20H32O4/c1-15(2)7-5-8-16(3)9-6-10-17(4)11-12-18(20(23)24)13-14-19(21)22/h7,9,11,18H,5-6,8,10,12-14H2,1-4H3,(H,21,22)(H,23,24). The van der Waals surface area contributed by atoms with Crippen LogP contribution in [0.15, 0.2) is 34.9 Å². The number of allylic oxidation sites excluding steroid dienone is 6. The van der Waals surface area contributed by atoms with E-state index in [0.717, 1.165) is 31.3 Å². The van der Waals surface area contributed by atoms with Crippen molar-refractivity contribution in [3.63, 3.8) is 0 Å². The second kappa shape index (κ2) is 12.6. The SMILES string of the molecule is CC(C)=CCCC(C)=CCCC(C)=CCC(CCC(=O)O)C(=O)O. The van der Waals surface area contributed by atoms with Gasteiger partial charge in [0.25, 0.3) is 0 Å². The van der Waals surface area contributed by atoms with Crippen molar-refractivity contribution in [2.24, 2.45) is 5.92 Å². The number of carboxylic acids is 2. The monoisotopic (exact) mass is 336 g/mol. The van der Waals surface area contributed by atoms with Gasteiger partial charge in [-0.15, -0.1) is 0 Å². The zero-order valence-electron chi connectivity index (χ0n) is 15.5. The molecule has 0 spiro atoms. The van der Waals surface area contributed by atoms with Crippen LogP contribution in [0.5, 0.6) is 0 Å².